The van der Waals surface area contributed by atoms with Gasteiger partial charge in [-0.2, -0.15) is 4.99 Å². The van der Waals surface area contributed by atoms with E-state index >= 15 is 0 Å². The zero-order valence-electron chi connectivity index (χ0n) is 12.0. The first-order valence-corrected chi connectivity index (χ1v) is 7.03. The average Bonchev–Trinajstić information content (AvgIpc) is 3.13. The molecule has 2 aromatic heterocycles. The van der Waals surface area contributed by atoms with Crippen molar-refractivity contribution in [3.63, 3.8) is 0 Å². The van der Waals surface area contributed by atoms with E-state index in [4.69, 9.17) is 21.7 Å². The number of rotatable bonds is 5. The van der Waals surface area contributed by atoms with Crippen LogP contribution in [0.1, 0.15) is 10.5 Å². The number of aliphatic carboxylic acids is 2. The number of nitrogens with zero attached hydrogens (tertiary/aromatic N) is 2. The van der Waals surface area contributed by atoms with Crippen LogP contribution in [-0.2, 0) is 9.59 Å². The Bertz CT molecular complexity index is 772. The summed E-state index contributed by atoms with van der Waals surface area (Å²) in [5.74, 6) is -2.54. The smallest absolute Gasteiger partial charge is 0.328 e. The van der Waals surface area contributed by atoms with Gasteiger partial charge >= 0.3 is 11.9 Å². The van der Waals surface area contributed by atoms with Crippen LogP contribution < -0.4 is 11.5 Å². The summed E-state index contributed by atoms with van der Waals surface area (Å²) in [5, 5.41) is 17.9. The second-order valence-corrected chi connectivity index (χ2v) is 4.86. The highest BCUT2D eigenvalue weighted by atomic mass is 32.1. The third-order valence-electron chi connectivity index (χ3n) is 2.21. The minimum atomic E-state index is -1.26. The molecule has 0 bridgehead atoms. The molecule has 2 heterocycles. The summed E-state index contributed by atoms with van der Waals surface area (Å²) in [7, 11) is 0. The largest absolute Gasteiger partial charge is 0.478 e. The van der Waals surface area contributed by atoms with Crippen molar-refractivity contribution in [3.05, 3.63) is 35.5 Å². The maximum atomic E-state index is 10.5. The molecule has 126 valence electrons. The number of carbonyl (C=O) groups excluding carboxylic acids is 1. The number of carboxylic acids is 2. The van der Waals surface area contributed by atoms with Crippen molar-refractivity contribution in [2.75, 3.05) is 0 Å². The van der Waals surface area contributed by atoms with E-state index in [2.05, 4.69) is 15.0 Å². The topological polar surface area (TPSA) is 185 Å². The molecule has 0 radical (unpaired) electrons. The quantitative estimate of drug-likeness (QED) is 0.224. The van der Waals surface area contributed by atoms with Crippen LogP contribution >= 0.6 is 11.3 Å². The molecule has 0 saturated heterocycles. The summed E-state index contributed by atoms with van der Waals surface area (Å²) in [6.07, 6.45) is 3.57. The number of hydrogen-bond acceptors (Lipinski definition) is 6. The van der Waals surface area contributed by atoms with Crippen molar-refractivity contribution >= 4 is 40.7 Å². The van der Waals surface area contributed by atoms with Gasteiger partial charge < -0.3 is 26.7 Å². The van der Waals surface area contributed by atoms with Crippen LogP contribution in [0, 0.1) is 0 Å². The summed E-state index contributed by atoms with van der Waals surface area (Å²) >= 11 is 1.33. The Morgan fingerprint density at radius 2 is 1.88 bits per heavy atom. The molecule has 0 aliphatic carbocycles. The summed E-state index contributed by atoms with van der Waals surface area (Å²) in [6, 6.07) is 1.71. The van der Waals surface area contributed by atoms with Crippen LogP contribution in [0.5, 0.6) is 0 Å². The molecule has 0 aliphatic heterocycles. The molecule has 0 unspecified atom stereocenters. The molecular weight excluding hydrogens is 338 g/mol. The van der Waals surface area contributed by atoms with Crippen molar-refractivity contribution in [2.45, 2.75) is 0 Å². The molecule has 2 rings (SSSR count). The number of aldehydes is 1. The van der Waals surface area contributed by atoms with Gasteiger partial charge in [0.15, 0.2) is 12.2 Å². The van der Waals surface area contributed by atoms with Crippen molar-refractivity contribution in [3.8, 4) is 11.3 Å². The maximum absolute atomic E-state index is 10.5. The van der Waals surface area contributed by atoms with Crippen LogP contribution in [-0.4, -0.2) is 44.4 Å². The number of guanidine groups is 1. The first-order chi connectivity index (χ1) is 11.3. The summed E-state index contributed by atoms with van der Waals surface area (Å²) in [5.41, 5.74) is 12.5. The van der Waals surface area contributed by atoms with Crippen molar-refractivity contribution < 1.29 is 24.6 Å². The Balaban J connectivity index is 0.000000307. The molecule has 0 aromatic carbocycles. The number of carbonyl (C=O) groups is 3. The number of carboxylic acid groups (broad SMARTS) is 2. The van der Waals surface area contributed by atoms with Gasteiger partial charge in [0.1, 0.15) is 0 Å². The van der Waals surface area contributed by atoms with E-state index < -0.39 is 11.9 Å². The highest BCUT2D eigenvalue weighted by molar-refractivity contribution is 7.13. The maximum Gasteiger partial charge on any atom is 0.328 e. The minimum Gasteiger partial charge on any atom is -0.478 e. The molecule has 0 fully saturated rings. The molecule has 24 heavy (non-hydrogen) atoms. The number of aromatic nitrogens is 2. The Morgan fingerprint density at radius 3 is 2.33 bits per heavy atom. The van der Waals surface area contributed by atoms with E-state index in [1.807, 2.05) is 5.38 Å². The van der Waals surface area contributed by atoms with E-state index in [0.717, 1.165) is 17.5 Å². The third-order valence-corrected chi connectivity index (χ3v) is 2.95. The van der Waals surface area contributed by atoms with Gasteiger partial charge in [-0.3, -0.25) is 4.79 Å². The van der Waals surface area contributed by atoms with E-state index in [0.29, 0.717) is 23.0 Å². The fourth-order valence-electron chi connectivity index (χ4n) is 1.33. The molecule has 0 atom stereocenters. The van der Waals surface area contributed by atoms with Gasteiger partial charge in [0, 0.05) is 29.3 Å². The fourth-order valence-corrected chi connectivity index (χ4v) is 2.04. The number of thiazole rings is 1. The summed E-state index contributed by atoms with van der Waals surface area (Å²) in [4.78, 5) is 40.5. The number of aliphatic imine (C=N–C) groups is 1. The number of nitrogens with one attached hydrogen (secondary N) is 1. The highest BCUT2D eigenvalue weighted by Crippen LogP contribution is 2.26. The normalized spacial score (nSPS) is 9.83. The SMILES string of the molecule is NC(N)=Nc1nc(-c2c[nH]c(C=O)c2)cs1.O=C(O)/C=C\C(=O)O. The Labute approximate surface area is 139 Å². The summed E-state index contributed by atoms with van der Waals surface area (Å²) in [6.45, 7) is 0. The van der Waals surface area contributed by atoms with E-state index in [1.165, 1.54) is 11.3 Å². The van der Waals surface area contributed by atoms with Gasteiger partial charge in [-0.15, -0.1) is 11.3 Å². The van der Waals surface area contributed by atoms with E-state index in [-0.39, 0.29) is 5.96 Å². The molecular formula is C13H13N5O5S. The van der Waals surface area contributed by atoms with Gasteiger partial charge in [-0.1, -0.05) is 0 Å². The molecule has 7 N–H and O–H groups in total. The lowest BCUT2D eigenvalue weighted by molar-refractivity contribution is -0.134. The predicted octanol–water partition coefficient (Wildman–Crippen LogP) is 0.567. The lowest BCUT2D eigenvalue weighted by Gasteiger charge is -1.88. The Hall–Kier alpha value is -3.47. The molecule has 2 aromatic rings. The third kappa shape index (κ3) is 6.53. The molecule has 0 aliphatic rings. The first kappa shape index (κ1) is 18.6. The van der Waals surface area contributed by atoms with Crippen LogP contribution in [0.3, 0.4) is 0 Å². The molecule has 11 heteroatoms. The lowest BCUT2D eigenvalue weighted by atomic mass is 10.2. The van der Waals surface area contributed by atoms with Crippen molar-refractivity contribution in [2.24, 2.45) is 16.5 Å². The molecule has 0 saturated carbocycles. The van der Waals surface area contributed by atoms with Gasteiger partial charge in [0.2, 0.25) is 5.13 Å². The van der Waals surface area contributed by atoms with Gasteiger partial charge in [0.05, 0.1) is 11.4 Å². The molecule has 0 amide bonds. The van der Waals surface area contributed by atoms with Crippen molar-refractivity contribution in [1.29, 1.82) is 0 Å². The highest BCUT2D eigenvalue weighted by Gasteiger charge is 2.06. The predicted molar refractivity (Wildman–Crippen MR) is 87.2 cm³/mol. The minimum absolute atomic E-state index is 0.0245. The number of H-pyrrole nitrogens is 1. The lowest BCUT2D eigenvalue weighted by Crippen LogP contribution is -2.21. The second kappa shape index (κ2) is 8.85. The van der Waals surface area contributed by atoms with Crippen molar-refractivity contribution in [1.82, 2.24) is 9.97 Å². The standard InChI is InChI=1S/C9H9N5OS.C4H4O4/c10-8(11)14-9-13-7(4-16-9)5-1-6(3-15)12-2-5;5-3(6)1-2-4(7)8/h1-4,12H,(H4,10,11,13,14);1-2H,(H,5,6)(H,7,8)/b;2-1-. The van der Waals surface area contributed by atoms with Crippen LogP contribution in [0.2, 0.25) is 0 Å². The Morgan fingerprint density at radius 1 is 1.25 bits per heavy atom. The van der Waals surface area contributed by atoms with Crippen LogP contribution in [0.15, 0.2) is 34.8 Å². The van der Waals surface area contributed by atoms with Gasteiger partial charge in [0.25, 0.3) is 0 Å². The number of aromatic amines is 1. The molecule has 0 spiro atoms. The number of hydrogen-bond donors (Lipinski definition) is 5. The zero-order chi connectivity index (χ0) is 18.1. The molecule has 10 nitrogen and oxygen atoms in total. The van der Waals surface area contributed by atoms with Gasteiger partial charge in [-0.25, -0.2) is 14.6 Å². The average molecular weight is 351 g/mol. The summed E-state index contributed by atoms with van der Waals surface area (Å²) < 4.78 is 0. The fraction of sp³-hybridized carbons (Fsp3) is 0. The monoisotopic (exact) mass is 351 g/mol. The number of nitrogens with two attached hydrogens (primary N) is 2. The van der Waals surface area contributed by atoms with E-state index in [9.17, 15) is 14.4 Å². The van der Waals surface area contributed by atoms with Gasteiger partial charge in [-0.05, 0) is 6.07 Å². The van der Waals surface area contributed by atoms with Crippen LogP contribution in [0.4, 0.5) is 5.13 Å². The van der Waals surface area contributed by atoms with Crippen LogP contribution in [0.25, 0.3) is 11.3 Å². The zero-order valence-corrected chi connectivity index (χ0v) is 12.9. The van der Waals surface area contributed by atoms with E-state index in [1.54, 1.807) is 12.3 Å². The first-order valence-electron chi connectivity index (χ1n) is 6.15. The second-order valence-electron chi connectivity index (χ2n) is 4.02. The Kier molecular flexibility index (Phi) is 6.85.